The Kier molecular flexibility index (Phi) is 7.63. The lowest BCUT2D eigenvalue weighted by Crippen LogP contribution is -2.40. The maximum atomic E-state index is 13.3. The van der Waals surface area contributed by atoms with Crippen molar-refractivity contribution in [2.75, 3.05) is 13.1 Å². The van der Waals surface area contributed by atoms with Crippen molar-refractivity contribution in [3.63, 3.8) is 0 Å². The fourth-order valence-electron chi connectivity index (χ4n) is 4.08. The Morgan fingerprint density at radius 1 is 0.774 bits per heavy atom. The maximum Gasteiger partial charge on any atom is 0.416 e. The summed E-state index contributed by atoms with van der Waals surface area (Å²) in [5, 5.41) is 0. The highest BCUT2D eigenvalue weighted by atomic mass is 35.5. The summed E-state index contributed by atoms with van der Waals surface area (Å²) in [6, 6.07) is 25.0. The van der Waals surface area contributed by atoms with Gasteiger partial charge in [-0.1, -0.05) is 60.7 Å². The van der Waals surface area contributed by atoms with Crippen LogP contribution in [-0.4, -0.2) is 24.1 Å². The standard InChI is InChI=1S/C25H24F3NO.ClH/c26-25(27,28)21-11-7-10-20(18-21)24(19-8-3-1-4-9-19)29-16-14-23(15-17-29)30-22-12-5-2-6-13-22;/h1-13,18,23-24H,14-17H2;1H. The van der Waals surface area contributed by atoms with Gasteiger partial charge in [0.25, 0.3) is 0 Å². The fourth-order valence-corrected chi connectivity index (χ4v) is 4.08. The number of para-hydroxylation sites is 1. The fraction of sp³-hybridized carbons (Fsp3) is 0.280. The summed E-state index contributed by atoms with van der Waals surface area (Å²) in [6.07, 6.45) is -2.58. The van der Waals surface area contributed by atoms with Crippen molar-refractivity contribution in [2.24, 2.45) is 0 Å². The monoisotopic (exact) mass is 447 g/mol. The SMILES string of the molecule is Cl.FC(F)(F)c1cccc(C(c2ccccc2)N2CCC(Oc3ccccc3)CC2)c1. The van der Waals surface area contributed by atoms with Crippen LogP contribution in [-0.2, 0) is 6.18 Å². The number of nitrogens with zero attached hydrogens (tertiary/aromatic N) is 1. The van der Waals surface area contributed by atoms with E-state index in [1.807, 2.05) is 60.7 Å². The van der Waals surface area contributed by atoms with Crippen LogP contribution in [0, 0.1) is 0 Å². The lowest BCUT2D eigenvalue weighted by molar-refractivity contribution is -0.137. The molecule has 1 aliphatic heterocycles. The minimum Gasteiger partial charge on any atom is -0.490 e. The van der Waals surface area contributed by atoms with Crippen molar-refractivity contribution in [2.45, 2.75) is 31.2 Å². The second kappa shape index (κ2) is 10.2. The van der Waals surface area contributed by atoms with Crippen LogP contribution in [0.15, 0.2) is 84.9 Å². The van der Waals surface area contributed by atoms with Crippen LogP contribution in [0.1, 0.15) is 35.6 Å². The molecular weight excluding hydrogens is 423 g/mol. The second-order valence-corrected chi connectivity index (χ2v) is 7.60. The van der Waals surface area contributed by atoms with Gasteiger partial charge in [-0.25, -0.2) is 0 Å². The van der Waals surface area contributed by atoms with Gasteiger partial charge in [0, 0.05) is 13.1 Å². The summed E-state index contributed by atoms with van der Waals surface area (Å²) in [5.41, 5.74) is 1.06. The predicted octanol–water partition coefficient (Wildman–Crippen LogP) is 6.76. The van der Waals surface area contributed by atoms with Gasteiger partial charge in [0.1, 0.15) is 11.9 Å². The van der Waals surface area contributed by atoms with Crippen molar-refractivity contribution in [3.8, 4) is 5.75 Å². The molecule has 0 saturated carbocycles. The average molecular weight is 448 g/mol. The Hall–Kier alpha value is -2.50. The van der Waals surface area contributed by atoms with Gasteiger partial charge in [0.05, 0.1) is 11.6 Å². The molecule has 164 valence electrons. The zero-order valence-electron chi connectivity index (χ0n) is 17.0. The Bertz CT molecular complexity index is 942. The molecule has 3 aromatic carbocycles. The lowest BCUT2D eigenvalue weighted by atomic mass is 9.93. The molecule has 0 N–H and O–H groups in total. The van der Waals surface area contributed by atoms with Crippen LogP contribution in [0.2, 0.25) is 0 Å². The van der Waals surface area contributed by atoms with E-state index < -0.39 is 11.7 Å². The van der Waals surface area contributed by atoms with Gasteiger partial charge in [-0.05, 0) is 48.2 Å². The number of likely N-dealkylation sites (tertiary alicyclic amines) is 1. The minimum atomic E-state index is -4.35. The van der Waals surface area contributed by atoms with Crippen LogP contribution in [0.3, 0.4) is 0 Å². The first-order valence-electron chi connectivity index (χ1n) is 10.2. The predicted molar refractivity (Wildman–Crippen MR) is 119 cm³/mol. The molecule has 1 aliphatic rings. The Morgan fingerprint density at radius 2 is 1.35 bits per heavy atom. The molecule has 1 saturated heterocycles. The largest absolute Gasteiger partial charge is 0.490 e. The first-order chi connectivity index (χ1) is 14.5. The quantitative estimate of drug-likeness (QED) is 0.428. The smallest absolute Gasteiger partial charge is 0.416 e. The number of hydrogen-bond acceptors (Lipinski definition) is 2. The number of rotatable bonds is 5. The number of halogens is 4. The molecule has 0 radical (unpaired) electrons. The van der Waals surface area contributed by atoms with Crippen molar-refractivity contribution in [3.05, 3.63) is 102 Å². The molecule has 1 fully saturated rings. The highest BCUT2D eigenvalue weighted by Crippen LogP contribution is 2.36. The molecule has 0 spiro atoms. The van der Waals surface area contributed by atoms with Gasteiger partial charge < -0.3 is 4.74 Å². The van der Waals surface area contributed by atoms with E-state index in [1.165, 1.54) is 12.1 Å². The van der Waals surface area contributed by atoms with Crippen LogP contribution in [0.5, 0.6) is 5.75 Å². The highest BCUT2D eigenvalue weighted by Gasteiger charge is 2.33. The third-order valence-corrected chi connectivity index (χ3v) is 5.53. The van der Waals surface area contributed by atoms with Crippen molar-refractivity contribution in [1.29, 1.82) is 0 Å². The van der Waals surface area contributed by atoms with E-state index in [0.717, 1.165) is 43.3 Å². The molecule has 1 heterocycles. The third-order valence-electron chi connectivity index (χ3n) is 5.53. The molecule has 0 amide bonds. The van der Waals surface area contributed by atoms with Gasteiger partial charge in [-0.15, -0.1) is 12.4 Å². The number of ether oxygens (including phenoxy) is 1. The molecule has 3 aromatic rings. The van der Waals surface area contributed by atoms with E-state index in [-0.39, 0.29) is 24.6 Å². The van der Waals surface area contributed by atoms with Crippen LogP contribution in [0.4, 0.5) is 13.2 Å². The van der Waals surface area contributed by atoms with Crippen molar-refractivity contribution < 1.29 is 17.9 Å². The van der Waals surface area contributed by atoms with Gasteiger partial charge in [0.15, 0.2) is 0 Å². The number of benzene rings is 3. The van der Waals surface area contributed by atoms with Crippen molar-refractivity contribution in [1.82, 2.24) is 4.90 Å². The summed E-state index contributed by atoms with van der Waals surface area (Å²) >= 11 is 0. The van der Waals surface area contributed by atoms with Gasteiger partial charge in [0.2, 0.25) is 0 Å². The summed E-state index contributed by atoms with van der Waals surface area (Å²) in [6.45, 7) is 1.51. The molecule has 1 atom stereocenters. The normalized spacial score (nSPS) is 16.4. The van der Waals surface area contributed by atoms with E-state index in [0.29, 0.717) is 5.56 Å². The maximum absolute atomic E-state index is 13.3. The average Bonchev–Trinajstić information content (AvgIpc) is 2.76. The van der Waals surface area contributed by atoms with E-state index in [4.69, 9.17) is 4.74 Å². The van der Waals surface area contributed by atoms with E-state index in [2.05, 4.69) is 4.90 Å². The molecule has 0 aliphatic carbocycles. The summed E-state index contributed by atoms with van der Waals surface area (Å²) < 4.78 is 46.0. The van der Waals surface area contributed by atoms with Crippen LogP contribution in [0.25, 0.3) is 0 Å². The second-order valence-electron chi connectivity index (χ2n) is 7.60. The molecule has 0 aromatic heterocycles. The Labute approximate surface area is 187 Å². The number of piperidine rings is 1. The van der Waals surface area contributed by atoms with Gasteiger partial charge >= 0.3 is 6.18 Å². The molecule has 31 heavy (non-hydrogen) atoms. The summed E-state index contributed by atoms with van der Waals surface area (Å²) in [7, 11) is 0. The van der Waals surface area contributed by atoms with E-state index in [1.54, 1.807) is 6.07 Å². The van der Waals surface area contributed by atoms with Crippen LogP contribution < -0.4 is 4.74 Å². The van der Waals surface area contributed by atoms with Gasteiger partial charge in [-0.2, -0.15) is 13.2 Å². The molecule has 1 unspecified atom stereocenters. The minimum absolute atomic E-state index is 0. The molecule has 4 rings (SSSR count). The lowest BCUT2D eigenvalue weighted by Gasteiger charge is -2.38. The number of alkyl halides is 3. The highest BCUT2D eigenvalue weighted by molar-refractivity contribution is 5.85. The molecular formula is C25H25ClF3NO. The molecule has 0 bridgehead atoms. The summed E-state index contributed by atoms with van der Waals surface area (Å²) in [5.74, 6) is 0.855. The zero-order chi connectivity index (χ0) is 21.0. The zero-order valence-corrected chi connectivity index (χ0v) is 17.8. The summed E-state index contributed by atoms with van der Waals surface area (Å²) in [4.78, 5) is 2.26. The first-order valence-corrected chi connectivity index (χ1v) is 10.2. The van der Waals surface area contributed by atoms with Crippen molar-refractivity contribution >= 4 is 12.4 Å². The number of hydrogen-bond donors (Lipinski definition) is 0. The third kappa shape index (κ3) is 5.81. The topological polar surface area (TPSA) is 12.5 Å². The van der Waals surface area contributed by atoms with E-state index in [9.17, 15) is 13.2 Å². The van der Waals surface area contributed by atoms with Crippen LogP contribution >= 0.6 is 12.4 Å². The molecule has 2 nitrogen and oxygen atoms in total. The van der Waals surface area contributed by atoms with E-state index >= 15 is 0 Å². The Morgan fingerprint density at radius 3 is 1.97 bits per heavy atom. The Balaban J connectivity index is 0.00000272. The first kappa shape index (κ1) is 23.2. The van der Waals surface area contributed by atoms with Gasteiger partial charge in [-0.3, -0.25) is 4.90 Å². The molecule has 6 heteroatoms.